The lowest BCUT2D eigenvalue weighted by atomic mass is 10.2. The van der Waals surface area contributed by atoms with Gasteiger partial charge >= 0.3 is 0 Å². The van der Waals surface area contributed by atoms with E-state index in [4.69, 9.17) is 11.6 Å². The quantitative estimate of drug-likeness (QED) is 0.661. The molecule has 124 valence electrons. The minimum atomic E-state index is -0.160. The lowest BCUT2D eigenvalue weighted by Gasteiger charge is -2.07. The van der Waals surface area contributed by atoms with Crippen LogP contribution < -0.4 is 5.32 Å². The first kappa shape index (κ1) is 16.9. The van der Waals surface area contributed by atoms with Crippen LogP contribution in [0.15, 0.2) is 34.9 Å². The summed E-state index contributed by atoms with van der Waals surface area (Å²) in [6.45, 7) is 2.69. The Morgan fingerprint density at radius 1 is 1.38 bits per heavy atom. The fraction of sp³-hybridized carbons (Fsp3) is 0.214. The summed E-state index contributed by atoms with van der Waals surface area (Å²) < 4.78 is 1.95. The number of rotatable bonds is 6. The Morgan fingerprint density at radius 2 is 2.25 bits per heavy atom. The van der Waals surface area contributed by atoms with E-state index in [-0.39, 0.29) is 11.7 Å². The number of anilines is 1. The van der Waals surface area contributed by atoms with Gasteiger partial charge in [0.25, 0.3) is 0 Å². The second kappa shape index (κ2) is 7.73. The Kier molecular flexibility index (Phi) is 5.44. The van der Waals surface area contributed by atoms with Crippen LogP contribution in [0.5, 0.6) is 0 Å². The van der Waals surface area contributed by atoms with Crippen molar-refractivity contribution < 1.29 is 4.79 Å². The Balaban J connectivity index is 1.71. The second-order valence-electron chi connectivity index (χ2n) is 4.64. The lowest BCUT2D eigenvalue weighted by molar-refractivity contribution is -0.113. The molecular formula is C14H13ClN6OS2. The third-order valence-electron chi connectivity index (χ3n) is 3.05. The minimum Gasteiger partial charge on any atom is -0.302 e. The molecule has 0 bridgehead atoms. The van der Waals surface area contributed by atoms with Gasteiger partial charge in [-0.25, -0.2) is 0 Å². The smallest absolute Gasteiger partial charge is 0.236 e. The van der Waals surface area contributed by atoms with Crippen molar-refractivity contribution in [1.29, 1.82) is 0 Å². The van der Waals surface area contributed by atoms with Gasteiger partial charge < -0.3 is 4.57 Å². The van der Waals surface area contributed by atoms with Gasteiger partial charge in [0.15, 0.2) is 11.0 Å². The van der Waals surface area contributed by atoms with Crippen LogP contribution in [-0.4, -0.2) is 36.6 Å². The van der Waals surface area contributed by atoms with E-state index >= 15 is 0 Å². The first-order chi connectivity index (χ1) is 11.7. The van der Waals surface area contributed by atoms with Crippen molar-refractivity contribution >= 4 is 45.7 Å². The van der Waals surface area contributed by atoms with Gasteiger partial charge in [0.2, 0.25) is 11.0 Å². The summed E-state index contributed by atoms with van der Waals surface area (Å²) in [6, 6.07) is 7.45. The average Bonchev–Trinajstić information content (AvgIpc) is 3.21. The summed E-state index contributed by atoms with van der Waals surface area (Å²) in [5, 5.41) is 20.4. The topological polar surface area (TPSA) is 85.6 Å². The van der Waals surface area contributed by atoms with E-state index in [0.717, 1.165) is 11.4 Å². The maximum atomic E-state index is 11.9. The van der Waals surface area contributed by atoms with E-state index in [1.807, 2.05) is 35.8 Å². The Labute approximate surface area is 151 Å². The third-order valence-corrected chi connectivity index (χ3v) is 4.86. The highest BCUT2D eigenvalue weighted by Crippen LogP contribution is 2.25. The van der Waals surface area contributed by atoms with Crippen LogP contribution in [0.4, 0.5) is 5.13 Å². The molecule has 3 aromatic rings. The zero-order chi connectivity index (χ0) is 16.9. The van der Waals surface area contributed by atoms with Crippen LogP contribution in [0.1, 0.15) is 6.92 Å². The van der Waals surface area contributed by atoms with Gasteiger partial charge in [-0.1, -0.05) is 46.8 Å². The van der Waals surface area contributed by atoms with Gasteiger partial charge in [0.05, 0.1) is 5.75 Å². The fourth-order valence-electron chi connectivity index (χ4n) is 2.03. The summed E-state index contributed by atoms with van der Waals surface area (Å²) in [4.78, 5) is 11.9. The van der Waals surface area contributed by atoms with E-state index < -0.39 is 0 Å². The molecule has 0 saturated heterocycles. The number of benzene rings is 1. The van der Waals surface area contributed by atoms with Crippen molar-refractivity contribution in [2.75, 3.05) is 11.1 Å². The lowest BCUT2D eigenvalue weighted by Crippen LogP contribution is -2.14. The number of aromatic nitrogens is 5. The van der Waals surface area contributed by atoms with Crippen molar-refractivity contribution in [3.05, 3.63) is 34.8 Å². The Morgan fingerprint density at radius 3 is 2.96 bits per heavy atom. The molecule has 10 heteroatoms. The molecular weight excluding hydrogens is 368 g/mol. The number of thioether (sulfide) groups is 1. The maximum Gasteiger partial charge on any atom is 0.236 e. The molecule has 0 fully saturated rings. The number of carbonyl (C=O) groups is 1. The van der Waals surface area contributed by atoms with Crippen molar-refractivity contribution in [3.63, 3.8) is 0 Å². The van der Waals surface area contributed by atoms with Crippen LogP contribution in [0.25, 0.3) is 11.4 Å². The first-order valence-electron chi connectivity index (χ1n) is 7.05. The summed E-state index contributed by atoms with van der Waals surface area (Å²) in [7, 11) is 0. The van der Waals surface area contributed by atoms with E-state index in [1.165, 1.54) is 23.1 Å². The number of hydrogen-bond acceptors (Lipinski definition) is 7. The number of hydrogen-bond donors (Lipinski definition) is 1. The van der Waals surface area contributed by atoms with Crippen LogP contribution in [0, 0.1) is 0 Å². The number of nitrogens with zero attached hydrogens (tertiary/aromatic N) is 5. The first-order valence-corrected chi connectivity index (χ1v) is 9.29. The van der Waals surface area contributed by atoms with Crippen LogP contribution in [0.2, 0.25) is 5.02 Å². The van der Waals surface area contributed by atoms with Gasteiger partial charge in [-0.3, -0.25) is 10.1 Å². The standard InChI is InChI=1S/C14H13ClN6OS2/c1-2-21-12(9-4-3-5-10(15)6-9)18-20-14(21)23-7-11(22)17-13-19-16-8-24-13/h3-6,8H,2,7H2,1H3,(H,17,19,22). The van der Waals surface area contributed by atoms with Crippen LogP contribution in [0.3, 0.4) is 0 Å². The molecule has 0 radical (unpaired) electrons. The van der Waals surface area contributed by atoms with Crippen molar-refractivity contribution in [3.8, 4) is 11.4 Å². The molecule has 0 saturated carbocycles. The molecule has 0 aliphatic carbocycles. The van der Waals surface area contributed by atoms with Crippen LogP contribution >= 0.6 is 34.7 Å². The zero-order valence-corrected chi connectivity index (χ0v) is 15.0. The monoisotopic (exact) mass is 380 g/mol. The SMILES string of the molecule is CCn1c(SCC(=O)Nc2nncs2)nnc1-c1cccc(Cl)c1. The molecule has 2 heterocycles. The molecule has 0 aliphatic rings. The van der Waals surface area contributed by atoms with Crippen molar-refractivity contribution in [2.45, 2.75) is 18.6 Å². The number of carbonyl (C=O) groups excluding carboxylic acids is 1. The molecule has 1 amide bonds. The predicted octanol–water partition coefficient (Wildman–Crippen LogP) is 3.20. The zero-order valence-electron chi connectivity index (χ0n) is 12.6. The van der Waals surface area contributed by atoms with E-state index in [1.54, 1.807) is 5.51 Å². The molecule has 0 atom stereocenters. The summed E-state index contributed by atoms with van der Waals surface area (Å²) in [5.74, 6) is 0.784. The summed E-state index contributed by atoms with van der Waals surface area (Å²) in [6.07, 6.45) is 0. The van der Waals surface area contributed by atoms with Crippen molar-refractivity contribution in [2.24, 2.45) is 0 Å². The van der Waals surface area contributed by atoms with E-state index in [2.05, 4.69) is 25.7 Å². The highest BCUT2D eigenvalue weighted by Gasteiger charge is 2.15. The molecule has 1 aromatic carbocycles. The molecule has 0 spiro atoms. The highest BCUT2D eigenvalue weighted by atomic mass is 35.5. The van der Waals surface area contributed by atoms with Crippen molar-refractivity contribution in [1.82, 2.24) is 25.0 Å². The molecule has 7 nitrogen and oxygen atoms in total. The number of amides is 1. The number of halogens is 1. The van der Waals surface area contributed by atoms with Gasteiger partial charge in [0.1, 0.15) is 5.51 Å². The Bertz CT molecular complexity index is 836. The average molecular weight is 381 g/mol. The predicted molar refractivity (Wildman–Crippen MR) is 95.4 cm³/mol. The van der Waals surface area contributed by atoms with Gasteiger partial charge in [0, 0.05) is 17.1 Å². The molecule has 2 aromatic heterocycles. The molecule has 0 aliphatic heterocycles. The largest absolute Gasteiger partial charge is 0.302 e. The molecule has 3 rings (SSSR count). The summed E-state index contributed by atoms with van der Waals surface area (Å²) >= 11 is 8.64. The normalized spacial score (nSPS) is 10.8. The molecule has 24 heavy (non-hydrogen) atoms. The summed E-state index contributed by atoms with van der Waals surface area (Å²) in [5.41, 5.74) is 2.45. The van der Waals surface area contributed by atoms with Gasteiger partial charge in [-0.15, -0.1) is 20.4 Å². The highest BCUT2D eigenvalue weighted by molar-refractivity contribution is 7.99. The fourth-order valence-corrected chi connectivity index (χ4v) is 3.49. The number of nitrogens with one attached hydrogen (secondary N) is 1. The second-order valence-corrected chi connectivity index (χ2v) is 6.85. The van der Waals surface area contributed by atoms with E-state index in [9.17, 15) is 4.79 Å². The van der Waals surface area contributed by atoms with E-state index in [0.29, 0.717) is 21.9 Å². The van der Waals surface area contributed by atoms with Crippen LogP contribution in [-0.2, 0) is 11.3 Å². The molecule has 0 unspecified atom stereocenters. The van der Waals surface area contributed by atoms with Gasteiger partial charge in [-0.2, -0.15) is 0 Å². The Hall–Kier alpha value is -1.97. The maximum absolute atomic E-state index is 11.9. The van der Waals surface area contributed by atoms with Gasteiger partial charge in [-0.05, 0) is 19.1 Å². The molecule has 1 N–H and O–H groups in total. The third kappa shape index (κ3) is 3.92. The minimum absolute atomic E-state index is 0.160.